The molecule has 3 heterocycles. The second-order valence-corrected chi connectivity index (χ2v) is 8.66. The lowest BCUT2D eigenvalue weighted by molar-refractivity contribution is -0.0352. The van der Waals surface area contributed by atoms with E-state index in [4.69, 9.17) is 4.74 Å². The number of guanidine groups is 1. The number of hydrogen-bond acceptors (Lipinski definition) is 5. The van der Waals surface area contributed by atoms with Crippen molar-refractivity contribution in [2.45, 2.75) is 76.4 Å². The fourth-order valence-corrected chi connectivity index (χ4v) is 5.16. The molecule has 0 atom stereocenters. The van der Waals surface area contributed by atoms with E-state index >= 15 is 0 Å². The van der Waals surface area contributed by atoms with Crippen LogP contribution >= 0.6 is 24.0 Å². The number of ether oxygens (including phenoxy) is 1. The molecule has 0 radical (unpaired) electrons. The number of hydrogen-bond donors (Lipinski definition) is 2. The second kappa shape index (κ2) is 11.6. The van der Waals surface area contributed by atoms with Crippen molar-refractivity contribution in [2.75, 3.05) is 39.9 Å². The van der Waals surface area contributed by atoms with E-state index < -0.39 is 0 Å². The van der Waals surface area contributed by atoms with Crippen molar-refractivity contribution in [2.24, 2.45) is 4.99 Å². The van der Waals surface area contributed by atoms with Gasteiger partial charge < -0.3 is 19.9 Å². The van der Waals surface area contributed by atoms with E-state index in [2.05, 4.69) is 35.3 Å². The highest BCUT2D eigenvalue weighted by molar-refractivity contribution is 14.0. The molecule has 0 amide bonds. The first kappa shape index (κ1) is 23.7. The summed E-state index contributed by atoms with van der Waals surface area (Å²) in [6.07, 6.45) is 11.3. The van der Waals surface area contributed by atoms with Crippen molar-refractivity contribution in [3.05, 3.63) is 11.6 Å². The third kappa shape index (κ3) is 5.64. The average molecular weight is 531 g/mol. The Bertz CT molecular complexity index is 681. The minimum Gasteiger partial charge on any atom is -0.379 e. The molecule has 30 heavy (non-hydrogen) atoms. The average Bonchev–Trinajstić information content (AvgIpc) is 3.01. The van der Waals surface area contributed by atoms with E-state index in [-0.39, 0.29) is 29.5 Å². The van der Waals surface area contributed by atoms with Crippen LogP contribution in [0, 0.1) is 0 Å². The van der Waals surface area contributed by atoms with E-state index in [1.807, 2.05) is 7.05 Å². The van der Waals surface area contributed by atoms with Crippen LogP contribution in [0.4, 0.5) is 0 Å². The van der Waals surface area contributed by atoms with E-state index in [0.717, 1.165) is 63.4 Å². The lowest BCUT2D eigenvalue weighted by atomic mass is 9.80. The number of morpholine rings is 1. The van der Waals surface area contributed by atoms with E-state index in [1.165, 1.54) is 51.4 Å². The summed E-state index contributed by atoms with van der Waals surface area (Å²) in [6, 6.07) is 0. The lowest BCUT2D eigenvalue weighted by Gasteiger charge is -2.48. The molecule has 0 bridgehead atoms. The fourth-order valence-electron chi connectivity index (χ4n) is 5.16. The topological polar surface area (TPSA) is 79.6 Å². The third-order valence-corrected chi connectivity index (χ3v) is 6.87. The standard InChI is InChI=1S/C21H37N7O.HI/c1-22-20(23-16-19-26-25-18-8-4-2-7-11-28(18)19)24-17-21(9-5-3-6-10-21)27-12-14-29-15-13-27;/h2-17H2,1H3,(H2,22,23,24);1H. The molecule has 1 aromatic rings. The number of aliphatic imine (C=N–C) groups is 1. The Balaban J connectivity index is 0.00000256. The fraction of sp³-hybridized carbons (Fsp3) is 0.857. The minimum absolute atomic E-state index is 0. The van der Waals surface area contributed by atoms with Crippen LogP contribution in [0.3, 0.4) is 0 Å². The molecule has 1 aromatic heterocycles. The van der Waals surface area contributed by atoms with Gasteiger partial charge in [-0.15, -0.1) is 34.2 Å². The predicted molar refractivity (Wildman–Crippen MR) is 129 cm³/mol. The van der Waals surface area contributed by atoms with Crippen LogP contribution in [0.15, 0.2) is 4.99 Å². The highest BCUT2D eigenvalue weighted by Crippen LogP contribution is 2.33. The zero-order chi connectivity index (χ0) is 19.9. The van der Waals surface area contributed by atoms with E-state index in [1.54, 1.807) is 0 Å². The lowest BCUT2D eigenvalue weighted by Crippen LogP contribution is -2.60. The van der Waals surface area contributed by atoms with Gasteiger partial charge in [0.05, 0.1) is 19.8 Å². The van der Waals surface area contributed by atoms with Crippen LogP contribution in [0.2, 0.25) is 0 Å². The maximum Gasteiger partial charge on any atom is 0.191 e. The van der Waals surface area contributed by atoms with Crippen molar-refractivity contribution >= 4 is 29.9 Å². The Morgan fingerprint density at radius 3 is 2.53 bits per heavy atom. The van der Waals surface area contributed by atoms with Gasteiger partial charge in [0.25, 0.3) is 0 Å². The number of fused-ring (bicyclic) bond motifs is 1. The molecule has 170 valence electrons. The van der Waals surface area contributed by atoms with Gasteiger partial charge in [0.1, 0.15) is 5.82 Å². The van der Waals surface area contributed by atoms with Crippen molar-refractivity contribution in [3.63, 3.8) is 0 Å². The van der Waals surface area contributed by atoms with Gasteiger partial charge >= 0.3 is 0 Å². The second-order valence-electron chi connectivity index (χ2n) is 8.66. The SMILES string of the molecule is CN=C(NCc1nnc2n1CCCCC2)NCC1(N2CCOCC2)CCCCC1.I. The van der Waals surface area contributed by atoms with Crippen molar-refractivity contribution in [1.82, 2.24) is 30.3 Å². The molecule has 2 aliphatic heterocycles. The smallest absolute Gasteiger partial charge is 0.191 e. The molecule has 2 fully saturated rings. The molecule has 9 heteroatoms. The van der Waals surface area contributed by atoms with E-state index in [9.17, 15) is 0 Å². The highest BCUT2D eigenvalue weighted by Gasteiger charge is 2.38. The first-order chi connectivity index (χ1) is 14.3. The van der Waals surface area contributed by atoms with Gasteiger partial charge in [0.2, 0.25) is 0 Å². The van der Waals surface area contributed by atoms with Gasteiger partial charge in [-0.05, 0) is 25.7 Å². The summed E-state index contributed by atoms with van der Waals surface area (Å²) in [5, 5.41) is 15.9. The normalized spacial score (nSPS) is 22.5. The number of rotatable bonds is 5. The number of nitrogens with one attached hydrogen (secondary N) is 2. The van der Waals surface area contributed by atoms with Crippen LogP contribution in [0.5, 0.6) is 0 Å². The molecule has 1 saturated heterocycles. The van der Waals surface area contributed by atoms with Gasteiger partial charge in [-0.25, -0.2) is 0 Å². The molecule has 0 unspecified atom stereocenters. The van der Waals surface area contributed by atoms with Crippen LogP contribution in [0.1, 0.15) is 63.0 Å². The molecular formula is C21H38IN7O. The minimum atomic E-state index is 0. The monoisotopic (exact) mass is 531 g/mol. The molecule has 1 saturated carbocycles. The summed E-state index contributed by atoms with van der Waals surface area (Å²) >= 11 is 0. The molecular weight excluding hydrogens is 493 g/mol. The largest absolute Gasteiger partial charge is 0.379 e. The van der Waals surface area contributed by atoms with Gasteiger partial charge in [-0.2, -0.15) is 0 Å². The molecule has 4 rings (SSSR count). The van der Waals surface area contributed by atoms with Crippen molar-refractivity contribution in [3.8, 4) is 0 Å². The molecule has 2 N–H and O–H groups in total. The Hall–Kier alpha value is -0.940. The Morgan fingerprint density at radius 1 is 1.00 bits per heavy atom. The summed E-state index contributed by atoms with van der Waals surface area (Å²) in [7, 11) is 1.85. The zero-order valence-corrected chi connectivity index (χ0v) is 20.7. The number of nitrogens with zero attached hydrogens (tertiary/aromatic N) is 5. The van der Waals surface area contributed by atoms with Crippen molar-refractivity contribution in [1.29, 1.82) is 0 Å². The third-order valence-electron chi connectivity index (χ3n) is 6.87. The summed E-state index contributed by atoms with van der Waals surface area (Å²) < 4.78 is 7.90. The number of halogens is 1. The van der Waals surface area contributed by atoms with Crippen molar-refractivity contribution < 1.29 is 4.74 Å². The quantitative estimate of drug-likeness (QED) is 0.345. The van der Waals surface area contributed by atoms with Crippen LogP contribution < -0.4 is 10.6 Å². The molecule has 0 spiro atoms. The van der Waals surface area contributed by atoms with Crippen LogP contribution in [-0.4, -0.2) is 71.1 Å². The van der Waals surface area contributed by atoms with Crippen LogP contribution in [-0.2, 0) is 24.2 Å². The first-order valence-electron chi connectivity index (χ1n) is 11.5. The molecule has 0 aromatic carbocycles. The Kier molecular flexibility index (Phi) is 9.18. The summed E-state index contributed by atoms with van der Waals surface area (Å²) in [5.41, 5.74) is 0.228. The Labute approximate surface area is 197 Å². The summed E-state index contributed by atoms with van der Waals surface area (Å²) in [6.45, 7) is 6.42. The molecule has 8 nitrogen and oxygen atoms in total. The predicted octanol–water partition coefficient (Wildman–Crippen LogP) is 2.32. The number of aromatic nitrogens is 3. The first-order valence-corrected chi connectivity index (χ1v) is 11.5. The summed E-state index contributed by atoms with van der Waals surface area (Å²) in [4.78, 5) is 7.13. The zero-order valence-electron chi connectivity index (χ0n) is 18.4. The molecule has 3 aliphatic rings. The van der Waals surface area contributed by atoms with Gasteiger partial charge in [0.15, 0.2) is 11.8 Å². The molecule has 1 aliphatic carbocycles. The Morgan fingerprint density at radius 2 is 1.77 bits per heavy atom. The van der Waals surface area contributed by atoms with Crippen LogP contribution in [0.25, 0.3) is 0 Å². The van der Waals surface area contributed by atoms with E-state index in [0.29, 0.717) is 6.54 Å². The number of aryl methyl sites for hydroxylation is 1. The van der Waals surface area contributed by atoms with Gasteiger partial charge in [-0.3, -0.25) is 9.89 Å². The maximum absolute atomic E-state index is 5.60. The summed E-state index contributed by atoms with van der Waals surface area (Å²) in [5.74, 6) is 3.01. The van der Waals surface area contributed by atoms with Gasteiger partial charge in [0, 0.05) is 45.2 Å². The van der Waals surface area contributed by atoms with Gasteiger partial charge in [-0.1, -0.05) is 25.7 Å². The highest BCUT2D eigenvalue weighted by atomic mass is 127. The maximum atomic E-state index is 5.60.